The molecule has 1 aromatic carbocycles. The van der Waals surface area contributed by atoms with E-state index in [0.29, 0.717) is 0 Å². The number of hydrogen-bond acceptors (Lipinski definition) is 2. The van der Waals surface area contributed by atoms with Crippen LogP contribution in [-0.2, 0) is 10.2 Å². The maximum Gasteiger partial charge on any atom is 0.323 e. The number of anilines is 1. The monoisotopic (exact) mass is 221 g/mol. The lowest BCUT2D eigenvalue weighted by molar-refractivity contribution is -0.135. The zero-order chi connectivity index (χ0) is 12.3. The van der Waals surface area contributed by atoms with Crippen molar-refractivity contribution < 1.29 is 9.90 Å². The van der Waals surface area contributed by atoms with E-state index in [-0.39, 0.29) is 12.0 Å². The smallest absolute Gasteiger partial charge is 0.323 e. The molecule has 0 spiro atoms. The van der Waals surface area contributed by atoms with Crippen molar-refractivity contribution in [3.63, 3.8) is 0 Å². The summed E-state index contributed by atoms with van der Waals surface area (Å²) in [5.74, 6) is -0.817. The highest BCUT2D eigenvalue weighted by Crippen LogP contribution is 2.24. The van der Waals surface area contributed by atoms with Gasteiger partial charge in [0, 0.05) is 12.7 Å². The van der Waals surface area contributed by atoms with Gasteiger partial charge in [0.25, 0.3) is 0 Å². The Morgan fingerprint density at radius 1 is 1.25 bits per heavy atom. The van der Waals surface area contributed by atoms with Crippen LogP contribution < -0.4 is 4.90 Å². The Hall–Kier alpha value is -1.51. The van der Waals surface area contributed by atoms with Gasteiger partial charge in [0.1, 0.15) is 6.54 Å². The van der Waals surface area contributed by atoms with E-state index in [4.69, 9.17) is 5.11 Å². The van der Waals surface area contributed by atoms with E-state index in [9.17, 15) is 4.79 Å². The van der Waals surface area contributed by atoms with Crippen LogP contribution in [-0.4, -0.2) is 24.7 Å². The molecule has 0 amide bonds. The van der Waals surface area contributed by atoms with Crippen molar-refractivity contribution in [2.75, 3.05) is 18.5 Å². The quantitative estimate of drug-likeness (QED) is 0.852. The average Bonchev–Trinajstić information content (AvgIpc) is 2.15. The number of rotatable bonds is 3. The Kier molecular flexibility index (Phi) is 3.58. The lowest BCUT2D eigenvalue weighted by atomic mass is 9.87. The van der Waals surface area contributed by atoms with Crippen LogP contribution in [0.15, 0.2) is 24.3 Å². The van der Waals surface area contributed by atoms with E-state index in [1.165, 1.54) is 5.56 Å². The van der Waals surface area contributed by atoms with E-state index in [2.05, 4.69) is 20.8 Å². The highest BCUT2D eigenvalue weighted by molar-refractivity contribution is 5.73. The molecule has 0 atom stereocenters. The predicted molar refractivity (Wildman–Crippen MR) is 66.0 cm³/mol. The zero-order valence-corrected chi connectivity index (χ0v) is 10.3. The minimum Gasteiger partial charge on any atom is -0.480 e. The molecular weight excluding hydrogens is 202 g/mol. The normalized spacial score (nSPS) is 11.2. The summed E-state index contributed by atoms with van der Waals surface area (Å²) in [4.78, 5) is 12.3. The zero-order valence-electron chi connectivity index (χ0n) is 10.3. The van der Waals surface area contributed by atoms with Crippen LogP contribution in [0, 0.1) is 0 Å². The summed E-state index contributed by atoms with van der Waals surface area (Å²) >= 11 is 0. The van der Waals surface area contributed by atoms with Crippen molar-refractivity contribution in [1.29, 1.82) is 0 Å². The first-order valence-corrected chi connectivity index (χ1v) is 5.34. The fraction of sp³-hybridized carbons (Fsp3) is 0.462. The molecule has 16 heavy (non-hydrogen) atoms. The molecule has 0 aliphatic heterocycles. The number of carbonyl (C=O) groups is 1. The largest absolute Gasteiger partial charge is 0.480 e. The molecule has 0 saturated carbocycles. The molecule has 1 aromatic rings. The lowest BCUT2D eigenvalue weighted by Crippen LogP contribution is -2.25. The van der Waals surface area contributed by atoms with Gasteiger partial charge in [-0.05, 0) is 23.1 Å². The van der Waals surface area contributed by atoms with E-state index >= 15 is 0 Å². The Balaban J connectivity index is 2.83. The molecule has 0 radical (unpaired) electrons. The molecule has 1 N–H and O–H groups in total. The molecule has 88 valence electrons. The fourth-order valence-corrected chi connectivity index (χ4v) is 1.51. The molecule has 0 saturated heterocycles. The number of aliphatic carboxylic acids is 1. The number of carboxylic acids is 1. The van der Waals surface area contributed by atoms with Crippen LogP contribution in [0.3, 0.4) is 0 Å². The molecule has 0 heterocycles. The lowest BCUT2D eigenvalue weighted by Gasteiger charge is -2.21. The summed E-state index contributed by atoms with van der Waals surface area (Å²) in [6.45, 7) is 6.49. The van der Waals surface area contributed by atoms with Gasteiger partial charge in [-0.25, -0.2) is 0 Å². The molecule has 0 aromatic heterocycles. The van der Waals surface area contributed by atoms with E-state index < -0.39 is 5.97 Å². The maximum atomic E-state index is 10.6. The Morgan fingerprint density at radius 3 is 2.12 bits per heavy atom. The second-order valence-electron chi connectivity index (χ2n) is 5.05. The van der Waals surface area contributed by atoms with E-state index in [0.717, 1.165) is 5.69 Å². The summed E-state index contributed by atoms with van der Waals surface area (Å²) in [5.41, 5.74) is 2.31. The second-order valence-corrected chi connectivity index (χ2v) is 5.05. The van der Waals surface area contributed by atoms with Crippen LogP contribution >= 0.6 is 0 Å². The first kappa shape index (κ1) is 12.6. The molecule has 0 bridgehead atoms. The molecule has 0 aliphatic carbocycles. The van der Waals surface area contributed by atoms with Gasteiger partial charge in [-0.1, -0.05) is 32.9 Å². The number of likely N-dealkylation sites (N-methyl/N-ethyl adjacent to an activating group) is 1. The van der Waals surface area contributed by atoms with Gasteiger partial charge in [0.05, 0.1) is 0 Å². The van der Waals surface area contributed by atoms with Crippen molar-refractivity contribution in [3.05, 3.63) is 29.8 Å². The molecule has 3 heteroatoms. The standard InChI is InChI=1S/C13H19NO2/c1-13(2,3)10-5-7-11(8-6-10)14(4)9-12(15)16/h5-8H,9H2,1-4H3,(H,15,16). The third-order valence-corrected chi connectivity index (χ3v) is 2.55. The van der Waals surface area contributed by atoms with Crippen molar-refractivity contribution >= 4 is 11.7 Å². The minimum atomic E-state index is -0.817. The van der Waals surface area contributed by atoms with E-state index in [1.54, 1.807) is 11.9 Å². The topological polar surface area (TPSA) is 40.5 Å². The molecular formula is C13H19NO2. The number of benzene rings is 1. The Morgan fingerprint density at radius 2 is 1.75 bits per heavy atom. The highest BCUT2D eigenvalue weighted by Gasteiger charge is 2.13. The molecule has 3 nitrogen and oxygen atoms in total. The first-order chi connectivity index (χ1) is 7.30. The van der Waals surface area contributed by atoms with Gasteiger partial charge >= 0.3 is 5.97 Å². The van der Waals surface area contributed by atoms with Gasteiger partial charge in [-0.3, -0.25) is 4.79 Å². The van der Waals surface area contributed by atoms with Crippen LogP contribution in [0.25, 0.3) is 0 Å². The highest BCUT2D eigenvalue weighted by atomic mass is 16.4. The number of hydrogen-bond donors (Lipinski definition) is 1. The fourth-order valence-electron chi connectivity index (χ4n) is 1.51. The number of carboxylic acid groups (broad SMARTS) is 1. The Bertz CT molecular complexity index is 363. The third-order valence-electron chi connectivity index (χ3n) is 2.55. The van der Waals surface area contributed by atoms with Crippen LogP contribution in [0.1, 0.15) is 26.3 Å². The van der Waals surface area contributed by atoms with Crippen LogP contribution in [0.4, 0.5) is 5.69 Å². The minimum absolute atomic E-state index is 0.0227. The molecule has 0 aliphatic rings. The maximum absolute atomic E-state index is 10.6. The summed E-state index contributed by atoms with van der Waals surface area (Å²) in [6, 6.07) is 8.02. The van der Waals surface area contributed by atoms with Crippen molar-refractivity contribution in [2.45, 2.75) is 26.2 Å². The average molecular weight is 221 g/mol. The predicted octanol–water partition coefficient (Wildman–Crippen LogP) is 2.50. The van der Waals surface area contributed by atoms with Gasteiger partial charge in [0.2, 0.25) is 0 Å². The summed E-state index contributed by atoms with van der Waals surface area (Å²) in [6.07, 6.45) is 0. The van der Waals surface area contributed by atoms with E-state index in [1.807, 2.05) is 24.3 Å². The van der Waals surface area contributed by atoms with Crippen molar-refractivity contribution in [3.8, 4) is 0 Å². The Labute approximate surface area is 96.7 Å². The van der Waals surface area contributed by atoms with Crippen molar-refractivity contribution in [2.24, 2.45) is 0 Å². The van der Waals surface area contributed by atoms with Crippen molar-refractivity contribution in [1.82, 2.24) is 0 Å². The van der Waals surface area contributed by atoms with Crippen LogP contribution in [0.2, 0.25) is 0 Å². The van der Waals surface area contributed by atoms with Gasteiger partial charge in [0.15, 0.2) is 0 Å². The SMILES string of the molecule is CN(CC(=O)O)c1ccc(C(C)(C)C)cc1. The number of nitrogens with zero attached hydrogens (tertiary/aromatic N) is 1. The van der Waals surface area contributed by atoms with Gasteiger partial charge in [-0.15, -0.1) is 0 Å². The third kappa shape index (κ3) is 3.26. The second kappa shape index (κ2) is 4.56. The van der Waals surface area contributed by atoms with Crippen LogP contribution in [0.5, 0.6) is 0 Å². The summed E-state index contributed by atoms with van der Waals surface area (Å²) in [7, 11) is 1.78. The summed E-state index contributed by atoms with van der Waals surface area (Å²) in [5, 5.41) is 8.69. The molecule has 0 fully saturated rings. The first-order valence-electron chi connectivity index (χ1n) is 5.34. The molecule has 0 unspecified atom stereocenters. The molecule has 1 rings (SSSR count). The summed E-state index contributed by atoms with van der Waals surface area (Å²) < 4.78 is 0. The van der Waals surface area contributed by atoms with Gasteiger partial charge in [-0.2, -0.15) is 0 Å². The van der Waals surface area contributed by atoms with Gasteiger partial charge < -0.3 is 10.0 Å².